The molecule has 0 spiro atoms. The Kier molecular flexibility index (Phi) is 3.54. The van der Waals surface area contributed by atoms with Crippen molar-refractivity contribution in [3.8, 4) is 0 Å². The molecule has 0 saturated heterocycles. The molecule has 0 bridgehead atoms. The van der Waals surface area contributed by atoms with Crippen LogP contribution >= 0.6 is 0 Å². The standard InChI is InChI=1S/C13H17F2N/c1-2-16-13-5-3-4-12(13)9-6-10(14)8-11(15)7-9/h6-8,12-13,16H,2-5H2,1H3. The van der Waals surface area contributed by atoms with Crippen molar-refractivity contribution in [1.82, 2.24) is 5.32 Å². The summed E-state index contributed by atoms with van der Waals surface area (Å²) in [5.74, 6) is -0.695. The first-order valence-electron chi connectivity index (χ1n) is 5.90. The smallest absolute Gasteiger partial charge is 0.126 e. The number of hydrogen-bond acceptors (Lipinski definition) is 1. The van der Waals surface area contributed by atoms with E-state index in [-0.39, 0.29) is 5.92 Å². The first-order chi connectivity index (χ1) is 7.70. The zero-order valence-corrected chi connectivity index (χ0v) is 9.47. The van der Waals surface area contributed by atoms with Gasteiger partial charge in [-0.15, -0.1) is 0 Å². The highest BCUT2D eigenvalue weighted by Gasteiger charge is 2.28. The van der Waals surface area contributed by atoms with Crippen LogP contribution in [0.4, 0.5) is 8.78 Å². The number of benzene rings is 1. The van der Waals surface area contributed by atoms with Gasteiger partial charge in [0.25, 0.3) is 0 Å². The van der Waals surface area contributed by atoms with Crippen LogP contribution in [-0.2, 0) is 0 Å². The van der Waals surface area contributed by atoms with E-state index in [2.05, 4.69) is 12.2 Å². The minimum Gasteiger partial charge on any atom is -0.314 e. The molecule has 0 radical (unpaired) electrons. The molecule has 16 heavy (non-hydrogen) atoms. The normalized spacial score (nSPS) is 24.9. The summed E-state index contributed by atoms with van der Waals surface area (Å²) in [6, 6.07) is 4.22. The summed E-state index contributed by atoms with van der Waals surface area (Å²) < 4.78 is 26.3. The van der Waals surface area contributed by atoms with Gasteiger partial charge in [-0.05, 0) is 43.0 Å². The number of hydrogen-bond donors (Lipinski definition) is 1. The van der Waals surface area contributed by atoms with E-state index in [0.717, 1.165) is 37.4 Å². The third-order valence-electron chi connectivity index (χ3n) is 3.30. The van der Waals surface area contributed by atoms with Crippen LogP contribution in [0.25, 0.3) is 0 Å². The summed E-state index contributed by atoms with van der Waals surface area (Å²) in [4.78, 5) is 0. The van der Waals surface area contributed by atoms with Crippen LogP contribution in [0, 0.1) is 11.6 Å². The molecular formula is C13H17F2N. The Morgan fingerprint density at radius 3 is 2.50 bits per heavy atom. The molecule has 1 aromatic rings. The second kappa shape index (κ2) is 4.91. The van der Waals surface area contributed by atoms with Crippen LogP contribution in [0.5, 0.6) is 0 Å². The highest BCUT2D eigenvalue weighted by Crippen LogP contribution is 2.35. The fourth-order valence-corrected chi connectivity index (χ4v) is 2.65. The van der Waals surface area contributed by atoms with Gasteiger partial charge in [-0.1, -0.05) is 13.3 Å². The topological polar surface area (TPSA) is 12.0 Å². The second-order valence-electron chi connectivity index (χ2n) is 4.40. The second-order valence-corrected chi connectivity index (χ2v) is 4.40. The monoisotopic (exact) mass is 225 g/mol. The van der Waals surface area contributed by atoms with Gasteiger partial charge in [0, 0.05) is 12.1 Å². The summed E-state index contributed by atoms with van der Waals surface area (Å²) in [6.07, 6.45) is 3.23. The maximum absolute atomic E-state index is 13.1. The highest BCUT2D eigenvalue weighted by molar-refractivity contribution is 5.24. The lowest BCUT2D eigenvalue weighted by Gasteiger charge is -2.20. The van der Waals surface area contributed by atoms with Crippen LogP contribution in [0.15, 0.2) is 18.2 Å². The maximum Gasteiger partial charge on any atom is 0.126 e. The summed E-state index contributed by atoms with van der Waals surface area (Å²) in [5, 5.41) is 3.39. The minimum atomic E-state index is -0.475. The largest absolute Gasteiger partial charge is 0.314 e. The maximum atomic E-state index is 13.1. The Labute approximate surface area is 94.9 Å². The van der Waals surface area contributed by atoms with E-state index < -0.39 is 11.6 Å². The minimum absolute atomic E-state index is 0.255. The van der Waals surface area contributed by atoms with Crippen molar-refractivity contribution >= 4 is 0 Å². The third-order valence-corrected chi connectivity index (χ3v) is 3.30. The van der Waals surface area contributed by atoms with Gasteiger partial charge in [-0.25, -0.2) is 8.78 Å². The summed E-state index contributed by atoms with van der Waals surface area (Å²) >= 11 is 0. The van der Waals surface area contributed by atoms with Crippen LogP contribution < -0.4 is 5.32 Å². The van der Waals surface area contributed by atoms with Crippen molar-refractivity contribution in [2.75, 3.05) is 6.54 Å². The van der Waals surface area contributed by atoms with E-state index in [9.17, 15) is 8.78 Å². The van der Waals surface area contributed by atoms with Crippen molar-refractivity contribution in [1.29, 1.82) is 0 Å². The molecule has 2 rings (SSSR count). The predicted molar refractivity (Wildman–Crippen MR) is 60.4 cm³/mol. The first kappa shape index (κ1) is 11.5. The van der Waals surface area contributed by atoms with Gasteiger partial charge >= 0.3 is 0 Å². The lowest BCUT2D eigenvalue weighted by Crippen LogP contribution is -2.30. The summed E-state index contributed by atoms with van der Waals surface area (Å²) in [5.41, 5.74) is 0.793. The summed E-state index contributed by atoms with van der Waals surface area (Å²) in [6.45, 7) is 2.96. The molecule has 3 heteroatoms. The molecular weight excluding hydrogens is 208 g/mol. The average molecular weight is 225 g/mol. The van der Waals surface area contributed by atoms with Crippen LogP contribution in [0.1, 0.15) is 37.7 Å². The predicted octanol–water partition coefficient (Wildman–Crippen LogP) is 3.21. The Hall–Kier alpha value is -0.960. The van der Waals surface area contributed by atoms with Gasteiger partial charge in [0.2, 0.25) is 0 Å². The first-order valence-corrected chi connectivity index (χ1v) is 5.90. The molecule has 1 nitrogen and oxygen atoms in total. The molecule has 0 amide bonds. The molecule has 1 fully saturated rings. The zero-order chi connectivity index (χ0) is 11.5. The van der Waals surface area contributed by atoms with Gasteiger partial charge in [-0.2, -0.15) is 0 Å². The van der Waals surface area contributed by atoms with Crippen LogP contribution in [-0.4, -0.2) is 12.6 Å². The molecule has 1 N–H and O–H groups in total. The van der Waals surface area contributed by atoms with E-state index in [1.807, 2.05) is 0 Å². The average Bonchev–Trinajstić information content (AvgIpc) is 2.65. The SMILES string of the molecule is CCNC1CCCC1c1cc(F)cc(F)c1. The summed E-state index contributed by atoms with van der Waals surface area (Å²) in [7, 11) is 0. The molecule has 2 unspecified atom stereocenters. The molecule has 88 valence electrons. The Balaban J connectivity index is 2.21. The van der Waals surface area contributed by atoms with Crippen molar-refractivity contribution in [2.45, 2.75) is 38.1 Å². The zero-order valence-electron chi connectivity index (χ0n) is 9.47. The van der Waals surface area contributed by atoms with Gasteiger partial charge in [0.15, 0.2) is 0 Å². The molecule has 1 aliphatic carbocycles. The molecule has 0 heterocycles. The molecule has 0 aromatic heterocycles. The molecule has 1 aromatic carbocycles. The van der Waals surface area contributed by atoms with Crippen molar-refractivity contribution in [3.63, 3.8) is 0 Å². The van der Waals surface area contributed by atoms with Gasteiger partial charge < -0.3 is 5.32 Å². The van der Waals surface area contributed by atoms with E-state index in [4.69, 9.17) is 0 Å². The third kappa shape index (κ3) is 2.40. The van der Waals surface area contributed by atoms with E-state index in [0.29, 0.717) is 6.04 Å². The fourth-order valence-electron chi connectivity index (χ4n) is 2.65. The number of halogens is 2. The Morgan fingerprint density at radius 2 is 1.88 bits per heavy atom. The van der Waals surface area contributed by atoms with E-state index in [1.54, 1.807) is 0 Å². The number of rotatable bonds is 3. The van der Waals surface area contributed by atoms with Crippen LogP contribution in [0.3, 0.4) is 0 Å². The molecule has 2 atom stereocenters. The van der Waals surface area contributed by atoms with Gasteiger partial charge in [0.05, 0.1) is 0 Å². The van der Waals surface area contributed by atoms with Crippen molar-refractivity contribution in [3.05, 3.63) is 35.4 Å². The molecule has 1 saturated carbocycles. The van der Waals surface area contributed by atoms with E-state index in [1.165, 1.54) is 12.1 Å². The fraction of sp³-hybridized carbons (Fsp3) is 0.538. The quantitative estimate of drug-likeness (QED) is 0.833. The van der Waals surface area contributed by atoms with E-state index >= 15 is 0 Å². The lowest BCUT2D eigenvalue weighted by atomic mass is 9.94. The number of nitrogens with one attached hydrogen (secondary N) is 1. The lowest BCUT2D eigenvalue weighted by molar-refractivity contribution is 0.486. The molecule has 1 aliphatic rings. The van der Waals surface area contributed by atoms with Gasteiger partial charge in [0.1, 0.15) is 11.6 Å². The Morgan fingerprint density at radius 1 is 1.19 bits per heavy atom. The number of likely N-dealkylation sites (N-methyl/N-ethyl adjacent to an activating group) is 1. The van der Waals surface area contributed by atoms with Crippen molar-refractivity contribution in [2.24, 2.45) is 0 Å². The Bertz CT molecular complexity index is 345. The van der Waals surface area contributed by atoms with Crippen LogP contribution in [0.2, 0.25) is 0 Å². The highest BCUT2D eigenvalue weighted by atomic mass is 19.1. The van der Waals surface area contributed by atoms with Gasteiger partial charge in [-0.3, -0.25) is 0 Å². The van der Waals surface area contributed by atoms with Crippen molar-refractivity contribution < 1.29 is 8.78 Å². The molecule has 0 aliphatic heterocycles.